The number of benzene rings is 7. The predicted octanol–water partition coefficient (Wildman–Crippen LogP) is 9.09. The van der Waals surface area contributed by atoms with Crippen molar-refractivity contribution >= 4 is 17.9 Å². The van der Waals surface area contributed by atoms with Crippen molar-refractivity contribution in [2.24, 2.45) is 0 Å². The first-order chi connectivity index (χ1) is 36.9. The second kappa shape index (κ2) is 26.7. The summed E-state index contributed by atoms with van der Waals surface area (Å²) in [5.74, 6) is -2.52. The molecular weight excluding hydrogens is 957 g/mol. The Labute approximate surface area is 435 Å². The number of carbonyl (C=O) groups excluding carboxylic acids is 3. The van der Waals surface area contributed by atoms with Crippen LogP contribution in [-0.2, 0) is 73.8 Å². The Balaban J connectivity index is 1.07. The summed E-state index contributed by atoms with van der Waals surface area (Å²) in [5, 5.41) is 11.9. The third-order valence-electron chi connectivity index (χ3n) is 12.6. The van der Waals surface area contributed by atoms with Gasteiger partial charge in [0.15, 0.2) is 30.9 Å². The lowest BCUT2D eigenvalue weighted by atomic mass is 9.96. The van der Waals surface area contributed by atoms with Crippen LogP contribution in [0.25, 0.3) is 0 Å². The summed E-state index contributed by atoms with van der Waals surface area (Å²) in [7, 11) is 0. The van der Waals surface area contributed by atoms with Gasteiger partial charge in [-0.25, -0.2) is 14.4 Å². The molecule has 0 aromatic heterocycles. The second-order valence-corrected chi connectivity index (χ2v) is 17.9. The number of ether oxygens (including phenoxy) is 10. The average molecular weight is 1020 g/mol. The van der Waals surface area contributed by atoms with Crippen molar-refractivity contribution in [3.63, 3.8) is 0 Å². The van der Waals surface area contributed by atoms with Gasteiger partial charge in [0.05, 0.1) is 56.3 Å². The molecule has 1 N–H and O–H groups in total. The number of aliphatic hydroxyl groups is 1. The van der Waals surface area contributed by atoms with Gasteiger partial charge < -0.3 is 52.5 Å². The number of aliphatic hydroxyl groups excluding tert-OH is 1. The van der Waals surface area contributed by atoms with E-state index in [-0.39, 0.29) is 49.7 Å². The molecule has 0 unspecified atom stereocenters. The molecule has 2 fully saturated rings. The van der Waals surface area contributed by atoms with Crippen LogP contribution in [-0.4, -0.2) is 97.6 Å². The topological polar surface area (TPSA) is 164 Å². The van der Waals surface area contributed by atoms with Crippen LogP contribution in [0, 0.1) is 0 Å². The molecule has 0 radical (unpaired) electrons. The van der Waals surface area contributed by atoms with Crippen LogP contribution in [0.15, 0.2) is 212 Å². The molecular formula is C61H58O14. The van der Waals surface area contributed by atoms with E-state index in [2.05, 4.69) is 0 Å². The standard InChI is InChI=1S/C61H58O14/c62-57(46-30-16-5-17-31-46)73-52-50(71-60(65)55(75-59(64)48-34-20-7-21-35-48)54(52)74-58(63)47-32-18-6-19-33-47)41-70-61-56(69-39-45-28-14-4-15-29-45)53(68-38-44-26-12-3-13-27-44)51(67-37-43-24-10-2-11-25-43)49(72-61)40-66-36-42-22-8-1-9-23-42/h1-35,49-56,60-61,65H,36-41H2/t49-,50-,51+,52-,53+,54+,55-,56-,60+,61+/m1/s1. The van der Waals surface area contributed by atoms with Crippen molar-refractivity contribution in [1.29, 1.82) is 0 Å². The normalized spacial score (nSPS) is 23.4. The van der Waals surface area contributed by atoms with E-state index in [1.807, 2.05) is 121 Å². The molecule has 0 aliphatic carbocycles. The minimum absolute atomic E-state index is 0.0345. The fraction of sp³-hybridized carbons (Fsp3) is 0.262. The van der Waals surface area contributed by atoms with Crippen LogP contribution in [0.3, 0.4) is 0 Å². The monoisotopic (exact) mass is 1010 g/mol. The van der Waals surface area contributed by atoms with Crippen molar-refractivity contribution in [3.05, 3.63) is 251 Å². The van der Waals surface area contributed by atoms with Crippen LogP contribution in [0.4, 0.5) is 0 Å². The van der Waals surface area contributed by atoms with Gasteiger partial charge in [-0.15, -0.1) is 0 Å². The molecule has 0 spiro atoms. The number of hydrogen-bond acceptors (Lipinski definition) is 14. The van der Waals surface area contributed by atoms with Gasteiger partial charge in [-0.2, -0.15) is 0 Å². The molecule has 0 bridgehead atoms. The zero-order valence-corrected chi connectivity index (χ0v) is 41.0. The van der Waals surface area contributed by atoms with Crippen LogP contribution in [0.1, 0.15) is 53.3 Å². The molecule has 2 aliphatic rings. The lowest BCUT2D eigenvalue weighted by molar-refractivity contribution is -0.342. The van der Waals surface area contributed by atoms with Gasteiger partial charge in [-0.3, -0.25) is 0 Å². The third kappa shape index (κ3) is 14.5. The van der Waals surface area contributed by atoms with Gasteiger partial charge in [0.25, 0.3) is 0 Å². The summed E-state index contributed by atoms with van der Waals surface area (Å²) in [6, 6.07) is 63.2. The van der Waals surface area contributed by atoms with Gasteiger partial charge in [-0.05, 0) is 58.7 Å². The first-order valence-electron chi connectivity index (χ1n) is 24.8. The van der Waals surface area contributed by atoms with Gasteiger partial charge in [0.2, 0.25) is 0 Å². The molecule has 386 valence electrons. The van der Waals surface area contributed by atoms with E-state index in [4.69, 9.17) is 47.4 Å². The zero-order chi connectivity index (χ0) is 51.6. The largest absolute Gasteiger partial charge is 0.452 e. The Morgan fingerprint density at radius 1 is 0.347 bits per heavy atom. The van der Waals surface area contributed by atoms with E-state index in [1.165, 1.54) is 24.3 Å². The molecule has 75 heavy (non-hydrogen) atoms. The molecule has 10 atom stereocenters. The maximum Gasteiger partial charge on any atom is 0.338 e. The zero-order valence-electron chi connectivity index (χ0n) is 41.0. The molecule has 2 saturated heterocycles. The van der Waals surface area contributed by atoms with E-state index in [0.29, 0.717) is 0 Å². The highest BCUT2D eigenvalue weighted by atomic mass is 16.7. The first-order valence-corrected chi connectivity index (χ1v) is 24.8. The number of rotatable bonds is 22. The van der Waals surface area contributed by atoms with E-state index >= 15 is 0 Å². The van der Waals surface area contributed by atoms with E-state index < -0.39 is 85.9 Å². The number of hydrogen-bond donors (Lipinski definition) is 1. The van der Waals surface area contributed by atoms with Crippen molar-refractivity contribution in [2.75, 3.05) is 13.2 Å². The maximum atomic E-state index is 14.1. The highest BCUT2D eigenvalue weighted by Crippen LogP contribution is 2.35. The smallest absolute Gasteiger partial charge is 0.338 e. The molecule has 7 aromatic carbocycles. The Morgan fingerprint density at radius 3 is 1.13 bits per heavy atom. The summed E-state index contributed by atoms with van der Waals surface area (Å²) in [5.41, 5.74) is 4.08. The van der Waals surface area contributed by atoms with Crippen molar-refractivity contribution in [1.82, 2.24) is 0 Å². The predicted molar refractivity (Wildman–Crippen MR) is 274 cm³/mol. The minimum Gasteiger partial charge on any atom is -0.452 e. The third-order valence-corrected chi connectivity index (χ3v) is 12.6. The fourth-order valence-electron chi connectivity index (χ4n) is 8.80. The summed E-state index contributed by atoms with van der Waals surface area (Å²) in [6.45, 7) is 0.321. The SMILES string of the molecule is O=C(O[C@@H]1[C@@H](OC(=O)c2ccccc2)[C@@H](O)O[C@H](CO[C@H]2O[C@H](COCc3ccccc3)[C@H](OCc3ccccc3)[C@H](OCc3ccccc3)[C@H]2OCc2ccccc2)[C@H]1OC(=O)c1ccccc1)c1ccccc1. The highest BCUT2D eigenvalue weighted by Gasteiger charge is 2.54. The van der Waals surface area contributed by atoms with Gasteiger partial charge in [0.1, 0.15) is 30.5 Å². The van der Waals surface area contributed by atoms with Crippen LogP contribution < -0.4 is 0 Å². The van der Waals surface area contributed by atoms with Crippen molar-refractivity contribution in [2.45, 2.75) is 87.8 Å². The Kier molecular flexibility index (Phi) is 18.7. The molecule has 7 aromatic rings. The van der Waals surface area contributed by atoms with Gasteiger partial charge in [0, 0.05) is 0 Å². The lowest BCUT2D eigenvalue weighted by Gasteiger charge is -2.47. The summed E-state index contributed by atoms with van der Waals surface area (Å²) in [4.78, 5) is 41.9. The second-order valence-electron chi connectivity index (χ2n) is 17.9. The van der Waals surface area contributed by atoms with Gasteiger partial charge >= 0.3 is 17.9 Å². The van der Waals surface area contributed by atoms with Gasteiger partial charge in [-0.1, -0.05) is 176 Å². The maximum absolute atomic E-state index is 14.1. The number of carbonyl (C=O) groups is 3. The van der Waals surface area contributed by atoms with E-state index in [9.17, 15) is 19.5 Å². The molecule has 2 heterocycles. The molecule has 0 saturated carbocycles. The Morgan fingerprint density at radius 2 is 0.693 bits per heavy atom. The van der Waals surface area contributed by atoms with Crippen molar-refractivity contribution in [3.8, 4) is 0 Å². The minimum atomic E-state index is -1.93. The first kappa shape index (κ1) is 52.5. The van der Waals surface area contributed by atoms with E-state index in [0.717, 1.165) is 22.3 Å². The summed E-state index contributed by atoms with van der Waals surface area (Å²) < 4.78 is 65.2. The average Bonchev–Trinajstić information content (AvgIpc) is 3.46. The number of esters is 3. The van der Waals surface area contributed by atoms with Crippen molar-refractivity contribution < 1.29 is 66.9 Å². The molecule has 14 heteroatoms. The van der Waals surface area contributed by atoms with Crippen LogP contribution in [0.2, 0.25) is 0 Å². The van der Waals surface area contributed by atoms with Crippen LogP contribution in [0.5, 0.6) is 0 Å². The lowest BCUT2D eigenvalue weighted by Crippen LogP contribution is -2.64. The van der Waals surface area contributed by atoms with E-state index in [1.54, 1.807) is 66.7 Å². The molecule has 14 nitrogen and oxygen atoms in total. The van der Waals surface area contributed by atoms with Crippen LogP contribution >= 0.6 is 0 Å². The Hall–Kier alpha value is -7.37. The molecule has 2 aliphatic heterocycles. The molecule has 9 rings (SSSR count). The highest BCUT2D eigenvalue weighted by molar-refractivity contribution is 5.91. The quantitative estimate of drug-likeness (QED) is 0.0505. The molecule has 0 amide bonds. The Bertz CT molecular complexity index is 2810. The fourth-order valence-corrected chi connectivity index (χ4v) is 8.80. The summed E-state index contributed by atoms with van der Waals surface area (Å²) in [6.07, 6.45) is -13.0. The summed E-state index contributed by atoms with van der Waals surface area (Å²) >= 11 is 0.